The van der Waals surface area contributed by atoms with Gasteiger partial charge >= 0.3 is 6.18 Å². The van der Waals surface area contributed by atoms with E-state index in [-0.39, 0.29) is 17.3 Å². The summed E-state index contributed by atoms with van der Waals surface area (Å²) in [7, 11) is 4.94. The highest BCUT2D eigenvalue weighted by Gasteiger charge is 2.36. The van der Waals surface area contributed by atoms with Crippen LogP contribution < -0.4 is 26.8 Å². The van der Waals surface area contributed by atoms with Crippen LogP contribution in [0.25, 0.3) is 10.9 Å². The highest BCUT2D eigenvalue weighted by Crippen LogP contribution is 2.34. The maximum absolute atomic E-state index is 13.2. The first kappa shape index (κ1) is 21.2. The zero-order chi connectivity index (χ0) is 20.5. The Labute approximate surface area is 154 Å². The van der Waals surface area contributed by atoms with Crippen LogP contribution in [0.2, 0.25) is 0 Å². The summed E-state index contributed by atoms with van der Waals surface area (Å²) in [6, 6.07) is 4.74. The van der Waals surface area contributed by atoms with Crippen LogP contribution in [0.4, 0.5) is 18.9 Å². The molecular formula is C17H24F3N5O2. The van der Waals surface area contributed by atoms with E-state index in [0.717, 1.165) is 0 Å². The highest BCUT2D eigenvalue weighted by molar-refractivity contribution is 5.85. The zero-order valence-corrected chi connectivity index (χ0v) is 15.5. The number of alkyl halides is 3. The van der Waals surface area contributed by atoms with Crippen molar-refractivity contribution in [3.8, 4) is 0 Å². The average Bonchev–Trinajstić information content (AvgIpc) is 2.59. The summed E-state index contributed by atoms with van der Waals surface area (Å²) in [6.07, 6.45) is -4.46. The molecule has 2 aromatic rings. The van der Waals surface area contributed by atoms with Gasteiger partial charge in [-0.1, -0.05) is 6.07 Å². The Morgan fingerprint density at radius 3 is 2.22 bits per heavy atom. The summed E-state index contributed by atoms with van der Waals surface area (Å²) in [5, 5.41) is 22.2. The minimum atomic E-state index is -4.63. The molecule has 0 aliphatic heterocycles. The summed E-state index contributed by atoms with van der Waals surface area (Å²) in [4.78, 5) is 14.1. The number of hydrogen-bond acceptors (Lipinski definition) is 6. The normalized spacial score (nSPS) is 15.0. The van der Waals surface area contributed by atoms with Crippen LogP contribution in [0.3, 0.4) is 0 Å². The van der Waals surface area contributed by atoms with Crippen molar-refractivity contribution in [1.82, 2.24) is 20.9 Å². The number of H-pyrrole nitrogens is 1. The lowest BCUT2D eigenvalue weighted by Gasteiger charge is -2.40. The Morgan fingerprint density at radius 2 is 1.70 bits per heavy atom. The third-order valence-electron chi connectivity index (χ3n) is 4.51. The first-order valence-corrected chi connectivity index (χ1v) is 8.27. The predicted molar refractivity (Wildman–Crippen MR) is 98.3 cm³/mol. The van der Waals surface area contributed by atoms with Gasteiger partial charge in [-0.2, -0.15) is 13.2 Å². The number of pyridine rings is 1. The van der Waals surface area contributed by atoms with Gasteiger partial charge in [0.05, 0.1) is 11.1 Å². The molecule has 0 bridgehead atoms. The molecule has 150 valence electrons. The van der Waals surface area contributed by atoms with Gasteiger partial charge in [-0.3, -0.25) is 20.7 Å². The molecule has 10 heteroatoms. The Balaban J connectivity index is 2.48. The van der Waals surface area contributed by atoms with E-state index in [1.165, 1.54) is 18.2 Å². The van der Waals surface area contributed by atoms with Gasteiger partial charge < -0.3 is 15.4 Å². The number of fused-ring (bicyclic) bond motifs is 1. The van der Waals surface area contributed by atoms with Crippen LogP contribution in [-0.2, 0) is 6.18 Å². The Morgan fingerprint density at radius 1 is 1.07 bits per heavy atom. The molecule has 1 aromatic heterocycles. The molecule has 0 aliphatic rings. The number of aromatic nitrogens is 1. The van der Waals surface area contributed by atoms with Crippen LogP contribution in [0, 0.1) is 0 Å². The monoisotopic (exact) mass is 387 g/mol. The molecule has 1 atom stereocenters. The molecule has 1 heterocycles. The van der Waals surface area contributed by atoms with Crippen LogP contribution in [0.5, 0.6) is 0 Å². The molecule has 1 unspecified atom stereocenters. The van der Waals surface area contributed by atoms with Gasteiger partial charge in [0, 0.05) is 23.6 Å². The van der Waals surface area contributed by atoms with E-state index in [9.17, 15) is 23.1 Å². The lowest BCUT2D eigenvalue weighted by Crippen LogP contribution is -2.64. The smallest absolute Gasteiger partial charge is 0.376 e. The van der Waals surface area contributed by atoms with Gasteiger partial charge in [0.2, 0.25) is 5.56 Å². The van der Waals surface area contributed by atoms with Gasteiger partial charge in [-0.25, -0.2) is 0 Å². The molecule has 0 radical (unpaired) electrons. The first-order valence-electron chi connectivity index (χ1n) is 8.27. The van der Waals surface area contributed by atoms with Crippen molar-refractivity contribution in [1.29, 1.82) is 0 Å². The van der Waals surface area contributed by atoms with Crippen molar-refractivity contribution < 1.29 is 18.3 Å². The molecule has 0 saturated heterocycles. The number of hydrogen-bond donors (Lipinski definition) is 6. The number of benzene rings is 1. The Kier molecular flexibility index (Phi) is 5.85. The van der Waals surface area contributed by atoms with Crippen LogP contribution in [-0.4, -0.2) is 42.7 Å². The van der Waals surface area contributed by atoms with Crippen molar-refractivity contribution in [2.75, 3.05) is 26.5 Å². The van der Waals surface area contributed by atoms with Gasteiger partial charge in [0.25, 0.3) is 0 Å². The fourth-order valence-electron chi connectivity index (χ4n) is 2.89. The number of aromatic amines is 1. The zero-order valence-electron chi connectivity index (χ0n) is 15.5. The van der Waals surface area contributed by atoms with E-state index in [4.69, 9.17) is 0 Å². The van der Waals surface area contributed by atoms with E-state index in [1.807, 2.05) is 0 Å². The van der Waals surface area contributed by atoms with Gasteiger partial charge in [0.1, 0.15) is 11.5 Å². The lowest BCUT2D eigenvalue weighted by atomic mass is 10.0. The van der Waals surface area contributed by atoms with Crippen LogP contribution in [0.1, 0.15) is 18.9 Å². The van der Waals surface area contributed by atoms with Gasteiger partial charge in [-0.15, -0.1) is 0 Å². The molecular weight excluding hydrogens is 363 g/mol. The van der Waals surface area contributed by atoms with Crippen molar-refractivity contribution in [2.45, 2.75) is 31.0 Å². The number of rotatable bonds is 7. The van der Waals surface area contributed by atoms with Crippen LogP contribution in [0.15, 0.2) is 29.1 Å². The number of halogens is 3. The van der Waals surface area contributed by atoms with E-state index < -0.39 is 28.8 Å². The van der Waals surface area contributed by atoms with Gasteiger partial charge in [0.15, 0.2) is 0 Å². The molecule has 27 heavy (non-hydrogen) atoms. The maximum Gasteiger partial charge on any atom is 0.417 e. The number of anilines is 1. The van der Waals surface area contributed by atoms with E-state index >= 15 is 0 Å². The number of aliphatic hydroxyl groups is 1. The lowest BCUT2D eigenvalue weighted by molar-refractivity contribution is -0.136. The Hall–Kier alpha value is -2.14. The molecule has 6 N–H and O–H groups in total. The summed E-state index contributed by atoms with van der Waals surface area (Å²) in [6.45, 7) is 1.59. The van der Waals surface area contributed by atoms with Crippen molar-refractivity contribution in [3.63, 3.8) is 0 Å². The second-order valence-electron chi connectivity index (χ2n) is 6.54. The molecule has 1 aromatic carbocycles. The Bertz CT molecular complexity index is 860. The quantitative estimate of drug-likeness (QED) is 0.402. The second kappa shape index (κ2) is 7.47. The fourth-order valence-corrected chi connectivity index (χ4v) is 2.89. The standard InChI is InChI=1S/C17H24F3N5O2/c1-15(27,21-2)9-16(22-3,23-4)25-10-5-6-11-12(17(18,19)20)8-14(26)24-13(11)7-10/h5-8,21-23,25,27H,9H2,1-4H3,(H,24,26). The molecule has 2 rings (SSSR count). The topological polar surface area (TPSA) is 101 Å². The third kappa shape index (κ3) is 4.78. The molecule has 0 saturated carbocycles. The summed E-state index contributed by atoms with van der Waals surface area (Å²) in [5.41, 5.74) is -2.54. The minimum absolute atomic E-state index is 0.0568. The SMILES string of the molecule is CNC(C)(O)CC(NC)(NC)Nc1ccc2c(C(F)(F)F)cc(=O)[nH]c2c1. The average molecular weight is 387 g/mol. The number of nitrogens with one attached hydrogen (secondary N) is 5. The van der Waals surface area contributed by atoms with E-state index in [0.29, 0.717) is 11.8 Å². The minimum Gasteiger partial charge on any atom is -0.376 e. The molecule has 0 spiro atoms. The molecule has 7 nitrogen and oxygen atoms in total. The fraction of sp³-hybridized carbons (Fsp3) is 0.471. The second-order valence-corrected chi connectivity index (χ2v) is 6.54. The maximum atomic E-state index is 13.2. The van der Waals surface area contributed by atoms with Gasteiger partial charge in [-0.05, 0) is 40.2 Å². The molecule has 0 amide bonds. The molecule has 0 fully saturated rings. The van der Waals surface area contributed by atoms with Crippen molar-refractivity contribution >= 4 is 16.6 Å². The largest absolute Gasteiger partial charge is 0.417 e. The van der Waals surface area contributed by atoms with Crippen molar-refractivity contribution in [2.24, 2.45) is 0 Å². The van der Waals surface area contributed by atoms with E-state index in [2.05, 4.69) is 26.3 Å². The first-order chi connectivity index (χ1) is 12.4. The summed E-state index contributed by atoms with van der Waals surface area (Å²) in [5.74, 6) is -0.970. The van der Waals surface area contributed by atoms with Crippen LogP contribution >= 0.6 is 0 Å². The highest BCUT2D eigenvalue weighted by atomic mass is 19.4. The third-order valence-corrected chi connectivity index (χ3v) is 4.51. The summed E-state index contributed by atoms with van der Waals surface area (Å²) < 4.78 is 39.5. The summed E-state index contributed by atoms with van der Waals surface area (Å²) >= 11 is 0. The molecule has 0 aliphatic carbocycles. The van der Waals surface area contributed by atoms with Crippen molar-refractivity contribution in [3.05, 3.63) is 40.2 Å². The predicted octanol–water partition coefficient (Wildman–Crippen LogP) is 1.37. The van der Waals surface area contributed by atoms with E-state index in [1.54, 1.807) is 28.1 Å².